The van der Waals surface area contributed by atoms with Gasteiger partial charge in [-0.15, -0.1) is 0 Å². The van der Waals surface area contributed by atoms with Crippen molar-refractivity contribution in [2.45, 2.75) is 19.3 Å². The first-order valence-corrected chi connectivity index (χ1v) is 6.60. The molecule has 0 aliphatic heterocycles. The standard InChI is InChI=1S/C15H9F6NO3/c1-8(22(23)24)4-12-2-3-13(25-12)9-5-10(14(16,17)18)7-11(6-9)15(19,20)21/h2-7H,1H3. The number of hydrogen-bond donors (Lipinski definition) is 0. The maximum Gasteiger partial charge on any atom is 0.416 e. The van der Waals surface area contributed by atoms with Gasteiger partial charge in [0.1, 0.15) is 11.5 Å². The van der Waals surface area contributed by atoms with Crippen molar-refractivity contribution in [1.82, 2.24) is 0 Å². The van der Waals surface area contributed by atoms with E-state index >= 15 is 0 Å². The summed E-state index contributed by atoms with van der Waals surface area (Å²) in [7, 11) is 0. The molecule has 4 nitrogen and oxygen atoms in total. The van der Waals surface area contributed by atoms with Crippen molar-refractivity contribution < 1.29 is 35.7 Å². The molecule has 0 fully saturated rings. The van der Waals surface area contributed by atoms with Gasteiger partial charge in [0, 0.05) is 12.5 Å². The van der Waals surface area contributed by atoms with Gasteiger partial charge in [0.25, 0.3) is 0 Å². The molecule has 0 unspecified atom stereocenters. The molecular formula is C15H9F6NO3. The van der Waals surface area contributed by atoms with Crippen LogP contribution in [0.25, 0.3) is 17.4 Å². The van der Waals surface area contributed by atoms with Crippen LogP contribution in [0.2, 0.25) is 0 Å². The van der Waals surface area contributed by atoms with Crippen molar-refractivity contribution in [3.05, 3.63) is 63.0 Å². The average Bonchev–Trinajstić information content (AvgIpc) is 2.93. The first-order valence-electron chi connectivity index (χ1n) is 6.60. The van der Waals surface area contributed by atoms with Crippen LogP contribution in [0.5, 0.6) is 0 Å². The van der Waals surface area contributed by atoms with E-state index in [1.165, 1.54) is 6.07 Å². The van der Waals surface area contributed by atoms with E-state index in [1.807, 2.05) is 0 Å². The van der Waals surface area contributed by atoms with E-state index in [4.69, 9.17) is 4.42 Å². The lowest BCUT2D eigenvalue weighted by molar-refractivity contribution is -0.422. The lowest BCUT2D eigenvalue weighted by atomic mass is 10.0. The second-order valence-electron chi connectivity index (χ2n) is 5.04. The third kappa shape index (κ3) is 4.40. The minimum Gasteiger partial charge on any atom is -0.456 e. The summed E-state index contributed by atoms with van der Waals surface area (Å²) < 4.78 is 82.1. The summed E-state index contributed by atoms with van der Waals surface area (Å²) in [6.45, 7) is 1.16. The number of nitrogens with zero attached hydrogens (tertiary/aromatic N) is 1. The van der Waals surface area contributed by atoms with Gasteiger partial charge in [-0.05, 0) is 30.3 Å². The van der Waals surface area contributed by atoms with Crippen molar-refractivity contribution in [2.24, 2.45) is 0 Å². The quantitative estimate of drug-likeness (QED) is 0.403. The predicted molar refractivity (Wildman–Crippen MR) is 74.8 cm³/mol. The molecule has 1 aromatic carbocycles. The third-order valence-corrected chi connectivity index (χ3v) is 3.14. The number of allylic oxidation sites excluding steroid dienone is 1. The molecular weight excluding hydrogens is 356 g/mol. The van der Waals surface area contributed by atoms with Crippen molar-refractivity contribution in [3.8, 4) is 11.3 Å². The maximum atomic E-state index is 12.8. The lowest BCUT2D eigenvalue weighted by Gasteiger charge is -2.13. The largest absolute Gasteiger partial charge is 0.456 e. The van der Waals surface area contributed by atoms with E-state index in [1.54, 1.807) is 0 Å². The number of alkyl halides is 6. The SMILES string of the molecule is CC(=Cc1ccc(-c2cc(C(F)(F)F)cc(C(F)(F)F)c2)o1)[N+](=O)[O-]. The van der Waals surface area contributed by atoms with Crippen LogP contribution >= 0.6 is 0 Å². The fraction of sp³-hybridized carbons (Fsp3) is 0.200. The number of rotatable bonds is 3. The molecule has 2 rings (SSSR count). The second-order valence-corrected chi connectivity index (χ2v) is 5.04. The minimum absolute atomic E-state index is 0.00411. The van der Waals surface area contributed by atoms with Crippen molar-refractivity contribution in [1.29, 1.82) is 0 Å². The van der Waals surface area contributed by atoms with Crippen LogP contribution in [-0.4, -0.2) is 4.92 Å². The summed E-state index contributed by atoms with van der Waals surface area (Å²) in [6, 6.07) is 3.37. The Bertz CT molecular complexity index is 800. The molecule has 0 aliphatic carbocycles. The number of halogens is 6. The Hall–Kier alpha value is -2.78. The average molecular weight is 365 g/mol. The first-order chi connectivity index (χ1) is 11.4. The Morgan fingerprint density at radius 1 is 1.04 bits per heavy atom. The van der Waals surface area contributed by atoms with Crippen LogP contribution in [0.3, 0.4) is 0 Å². The highest BCUT2D eigenvalue weighted by Gasteiger charge is 2.37. The summed E-state index contributed by atoms with van der Waals surface area (Å²) in [5.41, 5.74) is -3.71. The molecule has 0 radical (unpaired) electrons. The smallest absolute Gasteiger partial charge is 0.416 e. The molecule has 1 heterocycles. The minimum atomic E-state index is -4.98. The van der Waals surface area contributed by atoms with E-state index in [0.29, 0.717) is 12.1 Å². The monoisotopic (exact) mass is 365 g/mol. The van der Waals surface area contributed by atoms with Crippen molar-refractivity contribution in [2.75, 3.05) is 0 Å². The van der Waals surface area contributed by atoms with Crippen LogP contribution in [0, 0.1) is 10.1 Å². The molecule has 0 atom stereocenters. The molecule has 2 aromatic rings. The molecule has 0 aliphatic rings. The van der Waals surface area contributed by atoms with Gasteiger partial charge in [0.15, 0.2) is 0 Å². The summed E-state index contributed by atoms with van der Waals surface area (Å²) in [4.78, 5) is 9.82. The molecule has 134 valence electrons. The molecule has 0 saturated heterocycles. The van der Waals surface area contributed by atoms with E-state index in [9.17, 15) is 36.5 Å². The van der Waals surface area contributed by atoms with Crippen molar-refractivity contribution in [3.63, 3.8) is 0 Å². The molecule has 0 amide bonds. The second kappa shape index (κ2) is 6.26. The Morgan fingerprint density at radius 3 is 2.00 bits per heavy atom. The Morgan fingerprint density at radius 2 is 1.56 bits per heavy atom. The van der Waals surface area contributed by atoms with Crippen molar-refractivity contribution >= 4 is 6.08 Å². The molecule has 10 heteroatoms. The van der Waals surface area contributed by atoms with Gasteiger partial charge in [-0.3, -0.25) is 10.1 Å². The predicted octanol–water partition coefficient (Wildman–Crippen LogP) is 5.62. The molecule has 25 heavy (non-hydrogen) atoms. The van der Waals surface area contributed by atoms with Gasteiger partial charge >= 0.3 is 12.4 Å². The molecule has 0 spiro atoms. The number of benzene rings is 1. The normalized spacial score (nSPS) is 13.2. The zero-order chi connectivity index (χ0) is 19.0. The summed E-state index contributed by atoms with van der Waals surface area (Å²) >= 11 is 0. The van der Waals surface area contributed by atoms with E-state index in [-0.39, 0.29) is 23.3 Å². The van der Waals surface area contributed by atoms with E-state index < -0.39 is 34.0 Å². The zero-order valence-electron chi connectivity index (χ0n) is 12.4. The van der Waals surface area contributed by atoms with Crippen LogP contribution in [0.1, 0.15) is 23.8 Å². The van der Waals surface area contributed by atoms with Gasteiger partial charge in [0.05, 0.1) is 22.1 Å². The van der Waals surface area contributed by atoms with Gasteiger partial charge < -0.3 is 4.42 Å². The molecule has 1 aromatic heterocycles. The Labute approximate surface area is 136 Å². The fourth-order valence-corrected chi connectivity index (χ4v) is 1.94. The first kappa shape index (κ1) is 18.6. The van der Waals surface area contributed by atoms with Gasteiger partial charge in [-0.2, -0.15) is 26.3 Å². The van der Waals surface area contributed by atoms with Crippen LogP contribution in [0.4, 0.5) is 26.3 Å². The number of nitro groups is 1. The zero-order valence-corrected chi connectivity index (χ0v) is 12.4. The summed E-state index contributed by atoms with van der Waals surface area (Å²) in [5, 5.41) is 10.5. The number of hydrogen-bond acceptors (Lipinski definition) is 3. The highest BCUT2D eigenvalue weighted by molar-refractivity contribution is 5.62. The maximum absolute atomic E-state index is 12.8. The fourth-order valence-electron chi connectivity index (χ4n) is 1.94. The Kier molecular flexibility index (Phi) is 4.65. The number of furan rings is 1. The van der Waals surface area contributed by atoms with Crippen LogP contribution in [0.15, 0.2) is 40.4 Å². The summed E-state index contributed by atoms with van der Waals surface area (Å²) in [6.07, 6.45) is -8.96. The lowest BCUT2D eigenvalue weighted by Crippen LogP contribution is -2.11. The van der Waals surface area contributed by atoms with Crippen LogP contribution < -0.4 is 0 Å². The van der Waals surface area contributed by atoms with E-state index in [0.717, 1.165) is 19.1 Å². The molecule has 0 bridgehead atoms. The van der Waals surface area contributed by atoms with Gasteiger partial charge in [-0.1, -0.05) is 0 Å². The highest BCUT2D eigenvalue weighted by Crippen LogP contribution is 2.39. The van der Waals surface area contributed by atoms with Gasteiger partial charge in [-0.25, -0.2) is 0 Å². The van der Waals surface area contributed by atoms with Gasteiger partial charge in [0.2, 0.25) is 5.70 Å². The topological polar surface area (TPSA) is 56.3 Å². The highest BCUT2D eigenvalue weighted by atomic mass is 19.4. The summed E-state index contributed by atoms with van der Waals surface area (Å²) in [5.74, 6) is -0.353. The third-order valence-electron chi connectivity index (χ3n) is 3.14. The molecule has 0 saturated carbocycles. The van der Waals surface area contributed by atoms with Crippen LogP contribution in [-0.2, 0) is 12.4 Å². The Balaban J connectivity index is 2.54. The van der Waals surface area contributed by atoms with E-state index in [2.05, 4.69) is 0 Å². The molecule has 0 N–H and O–H groups in total.